The third-order valence-electron chi connectivity index (χ3n) is 3.67. The van der Waals surface area contributed by atoms with E-state index in [0.717, 1.165) is 11.3 Å². The van der Waals surface area contributed by atoms with Gasteiger partial charge in [0, 0.05) is 0 Å². The SMILES string of the molecule is COc1ccc(C(O)(Cn2cncn2)C(C)(C)C)cc1. The van der Waals surface area contributed by atoms with Gasteiger partial charge in [0.25, 0.3) is 0 Å². The maximum Gasteiger partial charge on any atom is 0.137 e. The molecule has 108 valence electrons. The largest absolute Gasteiger partial charge is 0.497 e. The summed E-state index contributed by atoms with van der Waals surface area (Å²) in [6.07, 6.45) is 3.08. The normalized spacial score (nSPS) is 14.8. The zero-order chi connectivity index (χ0) is 14.8. The lowest BCUT2D eigenvalue weighted by atomic mass is 9.72. The monoisotopic (exact) mass is 275 g/mol. The van der Waals surface area contributed by atoms with E-state index in [-0.39, 0.29) is 5.41 Å². The van der Waals surface area contributed by atoms with Crippen molar-refractivity contribution in [3.63, 3.8) is 0 Å². The molecule has 5 heteroatoms. The Bertz CT molecular complexity index is 543. The van der Waals surface area contributed by atoms with Gasteiger partial charge in [-0.25, -0.2) is 9.67 Å². The van der Waals surface area contributed by atoms with Crippen LogP contribution >= 0.6 is 0 Å². The minimum Gasteiger partial charge on any atom is -0.497 e. The lowest BCUT2D eigenvalue weighted by Crippen LogP contribution is -2.43. The topological polar surface area (TPSA) is 60.2 Å². The van der Waals surface area contributed by atoms with E-state index < -0.39 is 5.60 Å². The summed E-state index contributed by atoms with van der Waals surface area (Å²) in [5.74, 6) is 0.769. The number of benzene rings is 1. The average Bonchev–Trinajstić information content (AvgIpc) is 2.90. The lowest BCUT2D eigenvalue weighted by molar-refractivity contribution is -0.0805. The van der Waals surface area contributed by atoms with Crippen LogP contribution in [-0.4, -0.2) is 27.0 Å². The number of aromatic nitrogens is 3. The lowest BCUT2D eigenvalue weighted by Gasteiger charge is -2.40. The molecule has 0 radical (unpaired) electrons. The molecule has 1 atom stereocenters. The van der Waals surface area contributed by atoms with Crippen molar-refractivity contribution in [3.8, 4) is 5.75 Å². The first-order valence-corrected chi connectivity index (χ1v) is 6.56. The number of nitrogens with zero attached hydrogens (tertiary/aromatic N) is 3. The van der Waals surface area contributed by atoms with Gasteiger partial charge in [0.1, 0.15) is 24.0 Å². The molecule has 2 aromatic rings. The van der Waals surface area contributed by atoms with E-state index in [1.807, 2.05) is 45.0 Å². The van der Waals surface area contributed by atoms with Gasteiger partial charge in [-0.05, 0) is 23.1 Å². The third kappa shape index (κ3) is 2.67. The van der Waals surface area contributed by atoms with Crippen molar-refractivity contribution in [2.75, 3.05) is 7.11 Å². The second kappa shape index (κ2) is 5.25. The van der Waals surface area contributed by atoms with Crippen LogP contribution in [0.4, 0.5) is 0 Å². The van der Waals surface area contributed by atoms with E-state index >= 15 is 0 Å². The fourth-order valence-electron chi connectivity index (χ4n) is 2.18. The minimum atomic E-state index is -1.05. The first-order valence-electron chi connectivity index (χ1n) is 6.56. The minimum absolute atomic E-state index is 0.350. The molecule has 1 heterocycles. The summed E-state index contributed by atoms with van der Waals surface area (Å²) in [6, 6.07) is 7.49. The fraction of sp³-hybridized carbons (Fsp3) is 0.467. The van der Waals surface area contributed by atoms with Crippen molar-refractivity contribution in [2.24, 2.45) is 5.41 Å². The highest BCUT2D eigenvalue weighted by Gasteiger charge is 2.42. The summed E-state index contributed by atoms with van der Waals surface area (Å²) in [4.78, 5) is 3.93. The number of hydrogen-bond acceptors (Lipinski definition) is 4. The molecule has 0 saturated heterocycles. The molecule has 0 aliphatic carbocycles. The zero-order valence-electron chi connectivity index (χ0n) is 12.4. The molecule has 0 saturated carbocycles. The quantitative estimate of drug-likeness (QED) is 0.929. The molecule has 0 spiro atoms. The molecule has 2 rings (SSSR count). The van der Waals surface area contributed by atoms with Crippen LogP contribution in [0.3, 0.4) is 0 Å². The van der Waals surface area contributed by atoms with E-state index in [2.05, 4.69) is 10.1 Å². The maximum absolute atomic E-state index is 11.2. The van der Waals surface area contributed by atoms with Crippen molar-refractivity contribution in [1.29, 1.82) is 0 Å². The van der Waals surface area contributed by atoms with Crippen LogP contribution in [0.2, 0.25) is 0 Å². The number of hydrogen-bond donors (Lipinski definition) is 1. The highest BCUT2D eigenvalue weighted by molar-refractivity contribution is 5.32. The van der Waals surface area contributed by atoms with E-state index in [4.69, 9.17) is 4.74 Å². The standard InChI is InChI=1S/C15H21N3O2/c1-14(2,3)15(19,9-18-11-16-10-17-18)12-5-7-13(20-4)8-6-12/h5-8,10-11,19H,9H2,1-4H3. The van der Waals surface area contributed by atoms with Crippen molar-refractivity contribution in [2.45, 2.75) is 32.9 Å². The molecule has 1 aromatic heterocycles. The van der Waals surface area contributed by atoms with Gasteiger partial charge in [0.2, 0.25) is 0 Å². The molecule has 5 nitrogen and oxygen atoms in total. The fourth-order valence-corrected chi connectivity index (χ4v) is 2.18. The summed E-state index contributed by atoms with van der Waals surface area (Å²) in [5, 5.41) is 15.3. The van der Waals surface area contributed by atoms with Crippen LogP contribution in [0.1, 0.15) is 26.3 Å². The number of rotatable bonds is 4. The zero-order valence-corrected chi connectivity index (χ0v) is 12.4. The van der Waals surface area contributed by atoms with Crippen LogP contribution in [0, 0.1) is 5.41 Å². The van der Waals surface area contributed by atoms with Crippen LogP contribution in [0.15, 0.2) is 36.9 Å². The molecule has 1 N–H and O–H groups in total. The highest BCUT2D eigenvalue weighted by atomic mass is 16.5. The van der Waals surface area contributed by atoms with Gasteiger partial charge in [-0.2, -0.15) is 5.10 Å². The Balaban J connectivity index is 2.40. The van der Waals surface area contributed by atoms with Crippen LogP contribution in [0.25, 0.3) is 0 Å². The van der Waals surface area contributed by atoms with E-state index in [1.54, 1.807) is 18.1 Å². The molecule has 0 fully saturated rings. The van der Waals surface area contributed by atoms with Gasteiger partial charge in [-0.1, -0.05) is 32.9 Å². The second-order valence-corrected chi connectivity index (χ2v) is 5.93. The highest BCUT2D eigenvalue weighted by Crippen LogP contribution is 2.40. The van der Waals surface area contributed by atoms with Crippen molar-refractivity contribution in [1.82, 2.24) is 14.8 Å². The molecule has 1 unspecified atom stereocenters. The second-order valence-electron chi connectivity index (χ2n) is 5.93. The predicted octanol–water partition coefficient (Wildman–Crippen LogP) is 2.22. The van der Waals surface area contributed by atoms with Crippen LogP contribution < -0.4 is 4.74 Å². The smallest absolute Gasteiger partial charge is 0.137 e. The Morgan fingerprint density at radius 2 is 1.85 bits per heavy atom. The molecule has 1 aromatic carbocycles. The van der Waals surface area contributed by atoms with Gasteiger partial charge in [-0.3, -0.25) is 0 Å². The van der Waals surface area contributed by atoms with Gasteiger partial charge in [0.15, 0.2) is 0 Å². The number of methoxy groups -OCH3 is 1. The summed E-state index contributed by atoms with van der Waals surface area (Å²) >= 11 is 0. The summed E-state index contributed by atoms with van der Waals surface area (Å²) in [5.41, 5.74) is -0.568. The van der Waals surface area contributed by atoms with Gasteiger partial charge >= 0.3 is 0 Å². The van der Waals surface area contributed by atoms with Crippen molar-refractivity contribution >= 4 is 0 Å². The van der Waals surface area contributed by atoms with E-state index in [1.165, 1.54) is 6.33 Å². The van der Waals surface area contributed by atoms with Gasteiger partial charge in [-0.15, -0.1) is 0 Å². The molecular formula is C15H21N3O2. The molecule has 0 aliphatic rings. The summed E-state index contributed by atoms with van der Waals surface area (Å²) in [7, 11) is 1.63. The van der Waals surface area contributed by atoms with Crippen LogP contribution in [0.5, 0.6) is 5.75 Å². The third-order valence-corrected chi connectivity index (χ3v) is 3.67. The molecule has 0 aliphatic heterocycles. The van der Waals surface area contributed by atoms with E-state index in [0.29, 0.717) is 6.54 Å². The number of ether oxygens (including phenoxy) is 1. The predicted molar refractivity (Wildman–Crippen MR) is 76.4 cm³/mol. The first-order chi connectivity index (χ1) is 9.37. The summed E-state index contributed by atoms with van der Waals surface area (Å²) < 4.78 is 6.81. The first kappa shape index (κ1) is 14.5. The van der Waals surface area contributed by atoms with E-state index in [9.17, 15) is 5.11 Å². The molecule has 20 heavy (non-hydrogen) atoms. The molecular weight excluding hydrogens is 254 g/mol. The Morgan fingerprint density at radius 3 is 2.30 bits per heavy atom. The molecule has 0 bridgehead atoms. The van der Waals surface area contributed by atoms with Crippen molar-refractivity contribution in [3.05, 3.63) is 42.5 Å². The Hall–Kier alpha value is -1.88. The Morgan fingerprint density at radius 1 is 1.20 bits per heavy atom. The van der Waals surface area contributed by atoms with Crippen molar-refractivity contribution < 1.29 is 9.84 Å². The Labute approximate surface area is 119 Å². The summed E-state index contributed by atoms with van der Waals surface area (Å²) in [6.45, 7) is 6.37. The molecule has 0 amide bonds. The maximum atomic E-state index is 11.2. The average molecular weight is 275 g/mol. The van der Waals surface area contributed by atoms with Gasteiger partial charge < -0.3 is 9.84 Å². The Kier molecular flexibility index (Phi) is 3.81. The number of aliphatic hydroxyl groups is 1. The van der Waals surface area contributed by atoms with Gasteiger partial charge in [0.05, 0.1) is 13.7 Å². The van der Waals surface area contributed by atoms with Crippen LogP contribution in [-0.2, 0) is 12.1 Å².